The van der Waals surface area contributed by atoms with Gasteiger partial charge in [-0.1, -0.05) is 13.8 Å². The third-order valence-corrected chi connectivity index (χ3v) is 1.44. The van der Waals surface area contributed by atoms with E-state index in [9.17, 15) is 8.78 Å². The highest BCUT2D eigenvalue weighted by molar-refractivity contribution is 5.12. The number of aromatic nitrogens is 2. The molecule has 2 nitrogen and oxygen atoms in total. The largest absolute Gasteiger partial charge is 0.279 e. The maximum atomic E-state index is 12.0. The quantitative estimate of drug-likeness (QED) is 0.707. The minimum absolute atomic E-state index is 0.103. The third-order valence-electron chi connectivity index (χ3n) is 1.44. The summed E-state index contributed by atoms with van der Waals surface area (Å²) in [4.78, 5) is 0. The van der Waals surface area contributed by atoms with Crippen molar-refractivity contribution in [3.8, 4) is 0 Å². The molecule has 0 amide bonds. The van der Waals surface area contributed by atoms with Crippen molar-refractivity contribution in [2.75, 3.05) is 0 Å². The van der Waals surface area contributed by atoms with E-state index in [-0.39, 0.29) is 11.6 Å². The molecule has 1 aromatic heterocycles. The first kappa shape index (κ1) is 8.17. The summed E-state index contributed by atoms with van der Waals surface area (Å²) in [5.74, 6) is 0.193. The first-order valence-corrected chi connectivity index (χ1v) is 3.44. The predicted molar refractivity (Wildman–Crippen MR) is 37.6 cm³/mol. The zero-order valence-corrected chi connectivity index (χ0v) is 6.44. The Kier molecular flexibility index (Phi) is 2.22. The van der Waals surface area contributed by atoms with Crippen molar-refractivity contribution < 1.29 is 8.78 Å². The van der Waals surface area contributed by atoms with E-state index in [1.807, 2.05) is 13.8 Å². The lowest BCUT2D eigenvalue weighted by Gasteiger charge is -1.94. The molecule has 0 aliphatic heterocycles. The van der Waals surface area contributed by atoms with Gasteiger partial charge in [0.25, 0.3) is 6.43 Å². The lowest BCUT2D eigenvalue weighted by atomic mass is 10.1. The zero-order valence-electron chi connectivity index (χ0n) is 6.44. The summed E-state index contributed by atoms with van der Waals surface area (Å²) in [6.45, 7) is 3.82. The van der Waals surface area contributed by atoms with Crippen LogP contribution in [-0.4, -0.2) is 10.2 Å². The van der Waals surface area contributed by atoms with E-state index in [1.165, 1.54) is 6.07 Å². The summed E-state index contributed by atoms with van der Waals surface area (Å²) in [5.41, 5.74) is 0.578. The zero-order chi connectivity index (χ0) is 8.43. The van der Waals surface area contributed by atoms with Crippen molar-refractivity contribution in [3.63, 3.8) is 0 Å². The molecule has 0 bridgehead atoms. The molecule has 0 unspecified atom stereocenters. The van der Waals surface area contributed by atoms with Gasteiger partial charge in [0.05, 0.1) is 5.69 Å². The van der Waals surface area contributed by atoms with Crippen LogP contribution in [0.15, 0.2) is 6.07 Å². The maximum Gasteiger partial charge on any atom is 0.279 e. The van der Waals surface area contributed by atoms with Crippen LogP contribution in [0.4, 0.5) is 8.78 Å². The SMILES string of the molecule is CC(C)c1cc(C(F)F)[nH]n1. The van der Waals surface area contributed by atoms with Gasteiger partial charge in [0.15, 0.2) is 0 Å². The van der Waals surface area contributed by atoms with Gasteiger partial charge in [0.1, 0.15) is 5.69 Å². The number of nitrogens with one attached hydrogen (secondary N) is 1. The molecule has 0 spiro atoms. The second kappa shape index (κ2) is 2.98. The van der Waals surface area contributed by atoms with Gasteiger partial charge < -0.3 is 0 Å². The predicted octanol–water partition coefficient (Wildman–Crippen LogP) is 2.47. The van der Waals surface area contributed by atoms with Crippen LogP contribution >= 0.6 is 0 Å². The molecule has 0 aromatic carbocycles. The van der Waals surface area contributed by atoms with E-state index in [0.717, 1.165) is 0 Å². The van der Waals surface area contributed by atoms with E-state index >= 15 is 0 Å². The lowest BCUT2D eigenvalue weighted by Crippen LogP contribution is -1.85. The highest BCUT2D eigenvalue weighted by atomic mass is 19.3. The second-order valence-corrected chi connectivity index (χ2v) is 2.70. The third kappa shape index (κ3) is 1.76. The summed E-state index contributed by atoms with van der Waals surface area (Å²) in [6, 6.07) is 1.40. The van der Waals surface area contributed by atoms with Gasteiger partial charge >= 0.3 is 0 Å². The van der Waals surface area contributed by atoms with Crippen LogP contribution in [0, 0.1) is 0 Å². The summed E-state index contributed by atoms with van der Waals surface area (Å²) in [5, 5.41) is 6.02. The average molecular weight is 160 g/mol. The van der Waals surface area contributed by atoms with Gasteiger partial charge in [-0.25, -0.2) is 8.78 Å². The molecule has 1 N–H and O–H groups in total. The Morgan fingerprint density at radius 3 is 2.36 bits per heavy atom. The van der Waals surface area contributed by atoms with E-state index in [2.05, 4.69) is 10.2 Å². The topological polar surface area (TPSA) is 28.7 Å². The molecule has 0 radical (unpaired) electrons. The number of hydrogen-bond donors (Lipinski definition) is 1. The number of nitrogens with zero attached hydrogens (tertiary/aromatic N) is 1. The molecule has 1 heterocycles. The van der Waals surface area contributed by atoms with Crippen molar-refractivity contribution in [1.29, 1.82) is 0 Å². The van der Waals surface area contributed by atoms with Crippen LogP contribution in [0.2, 0.25) is 0 Å². The van der Waals surface area contributed by atoms with Gasteiger partial charge in [-0.05, 0) is 12.0 Å². The number of rotatable bonds is 2. The van der Waals surface area contributed by atoms with Crippen LogP contribution in [0.1, 0.15) is 37.6 Å². The number of aromatic amines is 1. The standard InChI is InChI=1S/C7H10F2N2/c1-4(2)5-3-6(7(8)9)11-10-5/h3-4,7H,1-2H3,(H,10,11). The number of halogens is 2. The van der Waals surface area contributed by atoms with E-state index in [4.69, 9.17) is 0 Å². The highest BCUT2D eigenvalue weighted by Crippen LogP contribution is 2.19. The Morgan fingerprint density at radius 2 is 2.09 bits per heavy atom. The Labute approximate surface area is 63.6 Å². The molecule has 1 aromatic rings. The Morgan fingerprint density at radius 1 is 1.45 bits per heavy atom. The monoisotopic (exact) mass is 160 g/mol. The van der Waals surface area contributed by atoms with Crippen LogP contribution in [0.25, 0.3) is 0 Å². The Balaban J connectivity index is 2.82. The average Bonchev–Trinajstić information content (AvgIpc) is 2.33. The molecule has 11 heavy (non-hydrogen) atoms. The molecule has 0 aliphatic carbocycles. The van der Waals surface area contributed by atoms with Crippen molar-refractivity contribution in [1.82, 2.24) is 10.2 Å². The summed E-state index contributed by atoms with van der Waals surface area (Å²) < 4.78 is 23.9. The van der Waals surface area contributed by atoms with Crippen molar-refractivity contribution in [2.24, 2.45) is 0 Å². The summed E-state index contributed by atoms with van der Waals surface area (Å²) in [7, 11) is 0. The highest BCUT2D eigenvalue weighted by Gasteiger charge is 2.11. The fraction of sp³-hybridized carbons (Fsp3) is 0.571. The molecular weight excluding hydrogens is 150 g/mol. The Bertz CT molecular complexity index is 208. The smallest absolute Gasteiger partial charge is 0.276 e. The van der Waals surface area contributed by atoms with Crippen molar-refractivity contribution in [2.45, 2.75) is 26.2 Å². The Hall–Kier alpha value is -0.930. The molecule has 0 saturated carbocycles. The molecule has 0 atom stereocenters. The van der Waals surface area contributed by atoms with Crippen LogP contribution < -0.4 is 0 Å². The lowest BCUT2D eigenvalue weighted by molar-refractivity contribution is 0.146. The minimum Gasteiger partial charge on any atom is -0.276 e. The van der Waals surface area contributed by atoms with Gasteiger partial charge in [0.2, 0.25) is 0 Å². The first-order valence-electron chi connectivity index (χ1n) is 3.44. The molecule has 1 rings (SSSR count). The fourth-order valence-corrected chi connectivity index (χ4v) is 0.761. The molecule has 0 aliphatic rings. The van der Waals surface area contributed by atoms with Gasteiger partial charge in [-0.15, -0.1) is 0 Å². The van der Waals surface area contributed by atoms with E-state index in [0.29, 0.717) is 5.69 Å². The number of H-pyrrole nitrogens is 1. The van der Waals surface area contributed by atoms with Crippen molar-refractivity contribution >= 4 is 0 Å². The molecule has 4 heteroatoms. The normalized spacial score (nSPS) is 11.5. The second-order valence-electron chi connectivity index (χ2n) is 2.70. The van der Waals surface area contributed by atoms with Crippen molar-refractivity contribution in [3.05, 3.63) is 17.5 Å². The number of alkyl halides is 2. The minimum atomic E-state index is -2.45. The van der Waals surface area contributed by atoms with Crippen LogP contribution in [-0.2, 0) is 0 Å². The van der Waals surface area contributed by atoms with E-state index in [1.54, 1.807) is 0 Å². The molecule has 62 valence electrons. The molecule has 0 fully saturated rings. The summed E-state index contributed by atoms with van der Waals surface area (Å²) in [6.07, 6.45) is -2.45. The van der Waals surface area contributed by atoms with Crippen LogP contribution in [0.5, 0.6) is 0 Å². The number of hydrogen-bond acceptors (Lipinski definition) is 1. The molecular formula is C7H10F2N2. The maximum absolute atomic E-state index is 12.0. The summed E-state index contributed by atoms with van der Waals surface area (Å²) >= 11 is 0. The fourth-order valence-electron chi connectivity index (χ4n) is 0.761. The first-order chi connectivity index (χ1) is 5.11. The van der Waals surface area contributed by atoms with Gasteiger partial charge in [0, 0.05) is 0 Å². The van der Waals surface area contributed by atoms with Gasteiger partial charge in [-0.3, -0.25) is 5.10 Å². The van der Waals surface area contributed by atoms with E-state index < -0.39 is 6.43 Å². The molecule has 0 saturated heterocycles. The van der Waals surface area contributed by atoms with Crippen LogP contribution in [0.3, 0.4) is 0 Å². The van der Waals surface area contributed by atoms with Gasteiger partial charge in [-0.2, -0.15) is 5.10 Å².